The van der Waals surface area contributed by atoms with Gasteiger partial charge in [0.05, 0.1) is 11.6 Å². The minimum atomic E-state index is -0.327. The van der Waals surface area contributed by atoms with E-state index in [1.807, 2.05) is 24.7 Å². The Hall–Kier alpha value is -0.910. The number of aryl methyl sites for hydroxylation is 1. The molecule has 2 rings (SSSR count). The summed E-state index contributed by atoms with van der Waals surface area (Å²) in [4.78, 5) is 4.34. The Labute approximate surface area is 102 Å². The van der Waals surface area contributed by atoms with Crippen LogP contribution < -0.4 is 5.73 Å². The molecule has 0 spiro atoms. The number of hydrogen-bond acceptors (Lipinski definition) is 4. The average molecular weight is 239 g/mol. The van der Waals surface area contributed by atoms with Gasteiger partial charge in [-0.05, 0) is 6.92 Å². The molecule has 1 saturated heterocycles. The van der Waals surface area contributed by atoms with Gasteiger partial charge >= 0.3 is 0 Å². The monoisotopic (exact) mass is 239 g/mol. The molecule has 1 aliphatic rings. The summed E-state index contributed by atoms with van der Waals surface area (Å²) in [6.07, 6.45) is 5.34. The van der Waals surface area contributed by atoms with Crippen LogP contribution in [0.4, 0.5) is 0 Å². The molecule has 1 unspecified atom stereocenters. The van der Waals surface area contributed by atoms with Crippen molar-refractivity contribution in [2.45, 2.75) is 31.4 Å². The number of nitrogens with zero attached hydrogens (tertiary/aromatic N) is 2. The van der Waals surface area contributed by atoms with E-state index < -0.39 is 0 Å². The van der Waals surface area contributed by atoms with Crippen LogP contribution in [0.25, 0.3) is 0 Å². The molecule has 1 aromatic rings. The van der Waals surface area contributed by atoms with Crippen LogP contribution in [-0.4, -0.2) is 35.0 Å². The van der Waals surface area contributed by atoms with Crippen LogP contribution in [-0.2, 0) is 16.5 Å². The first-order chi connectivity index (χ1) is 8.19. The van der Waals surface area contributed by atoms with Gasteiger partial charge in [0.2, 0.25) is 0 Å². The second kappa shape index (κ2) is 5.16. The Balaban J connectivity index is 2.23. The van der Waals surface area contributed by atoms with Crippen molar-refractivity contribution in [3.8, 4) is 0 Å². The summed E-state index contributed by atoms with van der Waals surface area (Å²) < 4.78 is 13.3. The maximum Gasteiger partial charge on any atom is 0.128 e. The second-order valence-corrected chi connectivity index (χ2v) is 4.48. The molecule has 2 heterocycles. The fourth-order valence-corrected chi connectivity index (χ4v) is 2.46. The van der Waals surface area contributed by atoms with E-state index >= 15 is 0 Å². The summed E-state index contributed by atoms with van der Waals surface area (Å²) in [5.41, 5.74) is 6.04. The van der Waals surface area contributed by atoms with E-state index in [1.165, 1.54) is 0 Å². The van der Waals surface area contributed by atoms with E-state index in [0.717, 1.165) is 18.7 Å². The molecule has 1 atom stereocenters. The van der Waals surface area contributed by atoms with Gasteiger partial charge in [0.15, 0.2) is 0 Å². The largest absolute Gasteiger partial charge is 0.381 e. The van der Waals surface area contributed by atoms with Crippen LogP contribution in [0.1, 0.15) is 31.6 Å². The van der Waals surface area contributed by atoms with Gasteiger partial charge in [0.1, 0.15) is 5.82 Å². The first-order valence-corrected chi connectivity index (χ1v) is 6.14. The van der Waals surface area contributed by atoms with Gasteiger partial charge in [-0.25, -0.2) is 4.98 Å². The molecule has 0 aliphatic carbocycles. The molecule has 0 amide bonds. The van der Waals surface area contributed by atoms with Crippen molar-refractivity contribution >= 4 is 0 Å². The van der Waals surface area contributed by atoms with Gasteiger partial charge in [0.25, 0.3) is 0 Å². The van der Waals surface area contributed by atoms with Crippen molar-refractivity contribution in [3.05, 3.63) is 18.2 Å². The Morgan fingerprint density at radius 2 is 2.29 bits per heavy atom. The molecule has 0 bridgehead atoms. The second-order valence-electron chi connectivity index (χ2n) is 4.48. The fraction of sp³-hybridized carbons (Fsp3) is 0.750. The first kappa shape index (κ1) is 12.5. The zero-order chi connectivity index (χ0) is 12.3. The molecule has 0 radical (unpaired) electrons. The normalized spacial score (nSPS) is 21.4. The van der Waals surface area contributed by atoms with E-state index in [2.05, 4.69) is 4.98 Å². The molecule has 5 heteroatoms. The minimum absolute atomic E-state index is 0.202. The number of nitrogens with two attached hydrogens (primary N) is 1. The van der Waals surface area contributed by atoms with Crippen molar-refractivity contribution in [1.82, 2.24) is 9.55 Å². The van der Waals surface area contributed by atoms with Crippen LogP contribution in [0.3, 0.4) is 0 Å². The minimum Gasteiger partial charge on any atom is -0.381 e. The molecule has 2 N–H and O–H groups in total. The van der Waals surface area contributed by atoms with Crippen LogP contribution >= 0.6 is 0 Å². The lowest BCUT2D eigenvalue weighted by Gasteiger charge is -2.40. The number of aromatic nitrogens is 2. The smallest absolute Gasteiger partial charge is 0.128 e. The van der Waals surface area contributed by atoms with Gasteiger partial charge in [0, 0.05) is 52.1 Å². The number of rotatable bonds is 4. The number of hydrogen-bond donors (Lipinski definition) is 1. The highest BCUT2D eigenvalue weighted by Crippen LogP contribution is 2.35. The molecule has 1 fully saturated rings. The van der Waals surface area contributed by atoms with Gasteiger partial charge in [-0.2, -0.15) is 0 Å². The molecule has 0 aromatic carbocycles. The van der Waals surface area contributed by atoms with Gasteiger partial charge in [-0.3, -0.25) is 0 Å². The number of ether oxygens (including phenoxy) is 2. The summed E-state index contributed by atoms with van der Waals surface area (Å²) >= 11 is 0. The topological polar surface area (TPSA) is 62.3 Å². The quantitative estimate of drug-likeness (QED) is 0.851. The first-order valence-electron chi connectivity index (χ1n) is 6.14. The highest BCUT2D eigenvalue weighted by Gasteiger charge is 2.41. The van der Waals surface area contributed by atoms with Gasteiger partial charge in [-0.1, -0.05) is 0 Å². The lowest BCUT2D eigenvalue weighted by atomic mass is 9.86. The summed E-state index contributed by atoms with van der Waals surface area (Å²) in [5.74, 6) is 0.875. The third-order valence-electron chi connectivity index (χ3n) is 3.47. The van der Waals surface area contributed by atoms with Gasteiger partial charge in [-0.15, -0.1) is 0 Å². The Bertz CT molecular complexity index is 353. The predicted molar refractivity (Wildman–Crippen MR) is 64.5 cm³/mol. The van der Waals surface area contributed by atoms with E-state index in [9.17, 15) is 0 Å². The molecular weight excluding hydrogens is 218 g/mol. The summed E-state index contributed by atoms with van der Waals surface area (Å²) in [5, 5.41) is 0. The van der Waals surface area contributed by atoms with Crippen LogP contribution in [0.2, 0.25) is 0 Å². The van der Waals surface area contributed by atoms with Crippen molar-refractivity contribution in [3.63, 3.8) is 0 Å². The van der Waals surface area contributed by atoms with E-state index in [0.29, 0.717) is 19.8 Å². The molecule has 1 aliphatic heterocycles. The van der Waals surface area contributed by atoms with Gasteiger partial charge < -0.3 is 19.8 Å². The maximum absolute atomic E-state index is 6.37. The lowest BCUT2D eigenvalue weighted by Crippen LogP contribution is -2.48. The highest BCUT2D eigenvalue weighted by molar-refractivity contribution is 5.07. The van der Waals surface area contributed by atoms with Crippen molar-refractivity contribution in [2.75, 3.05) is 19.8 Å². The maximum atomic E-state index is 6.37. The summed E-state index contributed by atoms with van der Waals surface area (Å²) in [6.45, 7) is 4.08. The van der Waals surface area contributed by atoms with Crippen LogP contribution in [0.15, 0.2) is 12.4 Å². The zero-order valence-corrected chi connectivity index (χ0v) is 10.6. The molecule has 1 aromatic heterocycles. The van der Waals surface area contributed by atoms with E-state index in [1.54, 1.807) is 6.20 Å². The third kappa shape index (κ3) is 2.36. The van der Waals surface area contributed by atoms with Crippen molar-refractivity contribution in [1.29, 1.82) is 0 Å². The van der Waals surface area contributed by atoms with Crippen LogP contribution in [0, 0.1) is 0 Å². The molecule has 5 nitrogen and oxygen atoms in total. The Morgan fingerprint density at radius 1 is 1.59 bits per heavy atom. The van der Waals surface area contributed by atoms with Crippen LogP contribution in [0.5, 0.6) is 0 Å². The standard InChI is InChI=1S/C12H21N3O2/c1-3-17-12(4-8-16-9-5-12)10(13)11-14-6-7-15(11)2/h6-7,10H,3-5,8-9,13H2,1-2H3. The van der Waals surface area contributed by atoms with E-state index in [-0.39, 0.29) is 11.6 Å². The summed E-state index contributed by atoms with van der Waals surface area (Å²) in [7, 11) is 1.96. The fourth-order valence-electron chi connectivity index (χ4n) is 2.46. The summed E-state index contributed by atoms with van der Waals surface area (Å²) in [6, 6.07) is -0.202. The molecule has 96 valence electrons. The highest BCUT2D eigenvalue weighted by atomic mass is 16.5. The van der Waals surface area contributed by atoms with Crippen molar-refractivity contribution in [2.24, 2.45) is 12.8 Å². The average Bonchev–Trinajstić information content (AvgIpc) is 2.76. The van der Waals surface area contributed by atoms with Crippen molar-refractivity contribution < 1.29 is 9.47 Å². The number of imidazole rings is 1. The predicted octanol–water partition coefficient (Wildman–Crippen LogP) is 1.01. The lowest BCUT2D eigenvalue weighted by molar-refractivity contribution is -0.123. The zero-order valence-electron chi connectivity index (χ0n) is 10.6. The van der Waals surface area contributed by atoms with E-state index in [4.69, 9.17) is 15.2 Å². The Morgan fingerprint density at radius 3 is 2.82 bits per heavy atom. The SMILES string of the molecule is CCOC1(C(N)c2nccn2C)CCOCC1. The molecule has 17 heavy (non-hydrogen) atoms. The molecular formula is C12H21N3O2. The Kier molecular flexibility index (Phi) is 3.81. The third-order valence-corrected chi connectivity index (χ3v) is 3.47. The molecule has 0 saturated carbocycles.